The topological polar surface area (TPSA) is 24.9 Å². The molecule has 0 aromatic carbocycles. The lowest BCUT2D eigenvalue weighted by atomic mass is 9.99. The molecule has 4 heteroatoms. The van der Waals surface area contributed by atoms with E-state index in [1.807, 2.05) is 6.07 Å². The summed E-state index contributed by atoms with van der Waals surface area (Å²) in [5.74, 6) is -0.323. The summed E-state index contributed by atoms with van der Waals surface area (Å²) in [5, 5.41) is 3.33. The molecule has 0 bridgehead atoms. The van der Waals surface area contributed by atoms with Crippen molar-refractivity contribution in [1.82, 2.24) is 10.3 Å². The first-order valence-electron chi connectivity index (χ1n) is 4.82. The van der Waals surface area contributed by atoms with Gasteiger partial charge in [0.1, 0.15) is 0 Å². The van der Waals surface area contributed by atoms with Crippen LogP contribution in [0.2, 0.25) is 0 Å². The highest BCUT2D eigenvalue weighted by molar-refractivity contribution is 14.1. The predicted molar refractivity (Wildman–Crippen MR) is 61.5 cm³/mol. The third kappa shape index (κ3) is 2.06. The number of aromatic nitrogens is 1. The zero-order chi connectivity index (χ0) is 9.97. The monoisotopic (exact) mass is 306 g/mol. The number of nitrogens with one attached hydrogen (secondary N) is 1. The number of pyridine rings is 1. The molecule has 1 fully saturated rings. The summed E-state index contributed by atoms with van der Waals surface area (Å²) in [5.41, 5.74) is 0.743. The van der Waals surface area contributed by atoms with E-state index in [1.54, 1.807) is 0 Å². The van der Waals surface area contributed by atoms with Gasteiger partial charge in [0.05, 0.1) is 0 Å². The van der Waals surface area contributed by atoms with Crippen molar-refractivity contribution < 1.29 is 4.39 Å². The largest absolute Gasteiger partial charge is 0.310 e. The van der Waals surface area contributed by atoms with E-state index in [2.05, 4.69) is 32.9 Å². The van der Waals surface area contributed by atoms with Gasteiger partial charge in [-0.25, -0.2) is 4.98 Å². The molecule has 0 spiro atoms. The van der Waals surface area contributed by atoms with Gasteiger partial charge in [0.15, 0.2) is 0 Å². The molecule has 0 amide bonds. The van der Waals surface area contributed by atoms with Gasteiger partial charge in [0.2, 0.25) is 5.95 Å². The summed E-state index contributed by atoms with van der Waals surface area (Å²) in [6.45, 7) is 0.981. The molecule has 1 aliphatic heterocycles. The lowest BCUT2D eigenvalue weighted by Gasteiger charge is -2.24. The second-order valence-electron chi connectivity index (χ2n) is 3.50. The van der Waals surface area contributed by atoms with Crippen LogP contribution >= 0.6 is 22.6 Å². The molecule has 0 unspecified atom stereocenters. The Morgan fingerprint density at radius 1 is 1.50 bits per heavy atom. The molecule has 1 N–H and O–H groups in total. The second-order valence-corrected chi connectivity index (χ2v) is 4.66. The molecule has 2 rings (SSSR count). The molecule has 76 valence electrons. The average Bonchev–Trinajstić information content (AvgIpc) is 2.19. The zero-order valence-electron chi connectivity index (χ0n) is 7.76. The fourth-order valence-electron chi connectivity index (χ4n) is 1.83. The predicted octanol–water partition coefficient (Wildman–Crippen LogP) is 2.64. The highest BCUT2D eigenvalue weighted by atomic mass is 127. The molecule has 14 heavy (non-hydrogen) atoms. The van der Waals surface area contributed by atoms with Crippen LogP contribution in [0, 0.1) is 9.52 Å². The van der Waals surface area contributed by atoms with Crippen LogP contribution in [0.25, 0.3) is 0 Å². The maximum atomic E-state index is 13.5. The molecule has 0 radical (unpaired) electrons. The van der Waals surface area contributed by atoms with Crippen LogP contribution in [0.3, 0.4) is 0 Å². The Labute approximate surface area is 96.4 Å². The number of piperidine rings is 1. The van der Waals surface area contributed by atoms with Gasteiger partial charge in [-0.3, -0.25) is 0 Å². The Balaban J connectivity index is 2.29. The fraction of sp³-hybridized carbons (Fsp3) is 0.500. The van der Waals surface area contributed by atoms with Crippen LogP contribution in [-0.2, 0) is 0 Å². The van der Waals surface area contributed by atoms with Crippen molar-refractivity contribution in [2.45, 2.75) is 25.3 Å². The van der Waals surface area contributed by atoms with Gasteiger partial charge in [-0.15, -0.1) is 0 Å². The molecule has 2 nitrogen and oxygen atoms in total. The molecule has 1 saturated heterocycles. The molecule has 2 heterocycles. The number of nitrogens with zero attached hydrogens (tertiary/aromatic N) is 1. The Kier molecular flexibility index (Phi) is 3.33. The smallest absolute Gasteiger partial charge is 0.218 e. The molecule has 1 atom stereocenters. The molecule has 1 aromatic heterocycles. The van der Waals surface area contributed by atoms with E-state index in [-0.39, 0.29) is 12.0 Å². The van der Waals surface area contributed by atoms with Gasteiger partial charge in [0, 0.05) is 21.4 Å². The fourth-order valence-corrected chi connectivity index (χ4v) is 2.59. The van der Waals surface area contributed by atoms with Gasteiger partial charge >= 0.3 is 0 Å². The second kappa shape index (κ2) is 4.53. The Morgan fingerprint density at radius 2 is 2.36 bits per heavy atom. The number of hydrogen-bond acceptors (Lipinski definition) is 2. The maximum Gasteiger partial charge on any atom is 0.218 e. The molecular weight excluding hydrogens is 294 g/mol. The van der Waals surface area contributed by atoms with E-state index >= 15 is 0 Å². The summed E-state index contributed by atoms with van der Waals surface area (Å²) in [7, 11) is 0. The van der Waals surface area contributed by atoms with Crippen molar-refractivity contribution in [1.29, 1.82) is 0 Å². The standard InChI is InChI=1S/C10H12FIN2/c11-10-9(7(12)4-6-14-10)8-3-1-2-5-13-8/h4,6,8,13H,1-3,5H2/t8-/m1/s1. The average molecular weight is 306 g/mol. The molecule has 0 saturated carbocycles. The van der Waals surface area contributed by atoms with Crippen molar-refractivity contribution in [2.24, 2.45) is 0 Å². The molecule has 1 aliphatic rings. The van der Waals surface area contributed by atoms with Crippen LogP contribution in [-0.4, -0.2) is 11.5 Å². The van der Waals surface area contributed by atoms with E-state index in [0.29, 0.717) is 0 Å². The van der Waals surface area contributed by atoms with E-state index in [1.165, 1.54) is 19.0 Å². The first kappa shape index (κ1) is 10.3. The van der Waals surface area contributed by atoms with Gasteiger partial charge < -0.3 is 5.32 Å². The van der Waals surface area contributed by atoms with Crippen LogP contribution < -0.4 is 5.32 Å². The lowest BCUT2D eigenvalue weighted by molar-refractivity contribution is 0.393. The van der Waals surface area contributed by atoms with Gasteiger partial charge in [-0.2, -0.15) is 4.39 Å². The summed E-state index contributed by atoms with van der Waals surface area (Å²) in [6, 6.07) is 2.01. The minimum Gasteiger partial charge on any atom is -0.310 e. The first-order valence-corrected chi connectivity index (χ1v) is 5.90. The van der Waals surface area contributed by atoms with Crippen molar-refractivity contribution in [3.63, 3.8) is 0 Å². The minimum absolute atomic E-state index is 0.157. The number of halogens is 2. The Bertz CT molecular complexity index is 304. The van der Waals surface area contributed by atoms with E-state index in [0.717, 1.165) is 22.1 Å². The SMILES string of the molecule is Fc1nccc(I)c1[C@H]1CCCCN1. The van der Waals surface area contributed by atoms with Crippen LogP contribution in [0.15, 0.2) is 12.3 Å². The quantitative estimate of drug-likeness (QED) is 0.637. The summed E-state index contributed by atoms with van der Waals surface area (Å²) < 4.78 is 14.4. The summed E-state index contributed by atoms with van der Waals surface area (Å²) in [6.07, 6.45) is 4.89. The highest BCUT2D eigenvalue weighted by Crippen LogP contribution is 2.27. The van der Waals surface area contributed by atoms with Crippen molar-refractivity contribution in [2.75, 3.05) is 6.54 Å². The van der Waals surface area contributed by atoms with Gasteiger partial charge in [-0.1, -0.05) is 6.42 Å². The van der Waals surface area contributed by atoms with Crippen molar-refractivity contribution in [3.05, 3.63) is 27.3 Å². The third-order valence-electron chi connectivity index (χ3n) is 2.55. The van der Waals surface area contributed by atoms with E-state index in [9.17, 15) is 4.39 Å². The lowest BCUT2D eigenvalue weighted by Crippen LogP contribution is -2.28. The van der Waals surface area contributed by atoms with Crippen LogP contribution in [0.4, 0.5) is 4.39 Å². The van der Waals surface area contributed by atoms with Gasteiger partial charge in [-0.05, 0) is 48.0 Å². The van der Waals surface area contributed by atoms with Crippen LogP contribution in [0.5, 0.6) is 0 Å². The number of hydrogen-bond donors (Lipinski definition) is 1. The van der Waals surface area contributed by atoms with Crippen molar-refractivity contribution in [3.8, 4) is 0 Å². The molecular formula is C10H12FIN2. The normalized spacial score (nSPS) is 22.3. The van der Waals surface area contributed by atoms with E-state index in [4.69, 9.17) is 0 Å². The maximum absolute atomic E-state index is 13.5. The minimum atomic E-state index is -0.323. The molecule has 1 aromatic rings. The third-order valence-corrected chi connectivity index (χ3v) is 3.49. The van der Waals surface area contributed by atoms with Crippen molar-refractivity contribution >= 4 is 22.6 Å². The van der Waals surface area contributed by atoms with Crippen LogP contribution in [0.1, 0.15) is 30.9 Å². The first-order chi connectivity index (χ1) is 6.79. The molecule has 0 aliphatic carbocycles. The summed E-state index contributed by atoms with van der Waals surface area (Å²) >= 11 is 2.17. The Morgan fingerprint density at radius 3 is 3.00 bits per heavy atom. The van der Waals surface area contributed by atoms with E-state index < -0.39 is 0 Å². The summed E-state index contributed by atoms with van der Waals surface area (Å²) in [4.78, 5) is 3.70. The zero-order valence-corrected chi connectivity index (χ0v) is 9.92. The Hall–Kier alpha value is -0.230. The number of rotatable bonds is 1. The van der Waals surface area contributed by atoms with Gasteiger partial charge in [0.25, 0.3) is 0 Å². The highest BCUT2D eigenvalue weighted by Gasteiger charge is 2.21.